The van der Waals surface area contributed by atoms with Gasteiger partial charge in [-0.05, 0) is 17.7 Å². The van der Waals surface area contributed by atoms with Gasteiger partial charge in [-0.15, -0.1) is 0 Å². The van der Waals surface area contributed by atoms with Crippen molar-refractivity contribution < 1.29 is 23.4 Å². The highest BCUT2D eigenvalue weighted by atomic mass is 19.1. The summed E-state index contributed by atoms with van der Waals surface area (Å²) in [5.74, 6) is 0.288. The molecule has 0 aliphatic carbocycles. The van der Waals surface area contributed by atoms with Crippen molar-refractivity contribution >= 4 is 6.09 Å². The lowest BCUT2D eigenvalue weighted by Crippen LogP contribution is -2.43. The van der Waals surface area contributed by atoms with Gasteiger partial charge in [0.25, 0.3) is 0 Å². The van der Waals surface area contributed by atoms with Crippen LogP contribution in [0.3, 0.4) is 0 Å². The van der Waals surface area contributed by atoms with Gasteiger partial charge in [-0.1, -0.05) is 30.3 Å². The molecule has 24 heavy (non-hydrogen) atoms. The van der Waals surface area contributed by atoms with Crippen molar-refractivity contribution in [2.24, 2.45) is 0 Å². The normalized spacial score (nSPS) is 15.8. The second-order valence-electron chi connectivity index (χ2n) is 5.48. The quantitative estimate of drug-likeness (QED) is 0.935. The Hall–Kier alpha value is -2.76. The molecule has 0 spiro atoms. The monoisotopic (exact) mass is 331 g/mol. The lowest BCUT2D eigenvalue weighted by Gasteiger charge is -2.27. The number of nitrogens with one attached hydrogen (secondary N) is 1. The fourth-order valence-corrected chi connectivity index (χ4v) is 2.64. The lowest BCUT2D eigenvalue weighted by atomic mass is 10.0. The number of hydrogen-bond donors (Lipinski definition) is 1. The molecule has 1 heterocycles. The van der Waals surface area contributed by atoms with E-state index in [0.717, 1.165) is 5.56 Å². The molecule has 0 saturated heterocycles. The van der Waals surface area contributed by atoms with E-state index in [2.05, 4.69) is 5.32 Å². The summed E-state index contributed by atoms with van der Waals surface area (Å²) >= 11 is 0. The number of hydrogen-bond acceptors (Lipinski definition) is 4. The van der Waals surface area contributed by atoms with Crippen LogP contribution in [0.4, 0.5) is 9.18 Å². The number of carbonyl (C=O) groups excluding carboxylic acids is 1. The molecule has 1 N–H and O–H groups in total. The number of methoxy groups -OCH3 is 1. The molecule has 126 valence electrons. The highest BCUT2D eigenvalue weighted by Gasteiger charge is 2.27. The largest absolute Gasteiger partial charge is 0.496 e. The molecule has 3 rings (SSSR count). The Morgan fingerprint density at radius 3 is 2.83 bits per heavy atom. The fraction of sp³-hybridized carbons (Fsp3) is 0.278. The smallest absolute Gasteiger partial charge is 0.407 e. The molecule has 0 aromatic heterocycles. The first kappa shape index (κ1) is 16.1. The molecule has 5 nitrogen and oxygen atoms in total. The van der Waals surface area contributed by atoms with Gasteiger partial charge in [0.1, 0.15) is 19.0 Å². The number of ether oxygens (including phenoxy) is 3. The summed E-state index contributed by atoms with van der Waals surface area (Å²) in [7, 11) is 1.51. The summed E-state index contributed by atoms with van der Waals surface area (Å²) in [6.45, 7) is 0.367. The molecule has 0 bridgehead atoms. The lowest BCUT2D eigenvalue weighted by molar-refractivity contribution is 0.128. The van der Waals surface area contributed by atoms with Crippen LogP contribution >= 0.6 is 0 Å². The molecule has 1 amide bonds. The molecule has 0 fully saturated rings. The Balaban J connectivity index is 1.59. The van der Waals surface area contributed by atoms with Gasteiger partial charge in [0, 0.05) is 12.0 Å². The van der Waals surface area contributed by atoms with Crippen LogP contribution in [-0.4, -0.2) is 25.9 Å². The zero-order chi connectivity index (χ0) is 16.9. The Morgan fingerprint density at radius 1 is 1.29 bits per heavy atom. The number of amides is 1. The van der Waals surface area contributed by atoms with Crippen molar-refractivity contribution in [1.29, 1.82) is 0 Å². The minimum Gasteiger partial charge on any atom is -0.496 e. The standard InChI is InChI=1S/C18H18FNO4/c1-22-16-8-7-15(19)17-14(16)9-13(11-23-17)20-18(21)24-10-12-5-3-2-4-6-12/h2-8,13H,9-11H2,1H3,(H,20,21). The highest BCUT2D eigenvalue weighted by Crippen LogP contribution is 2.35. The SMILES string of the molecule is COc1ccc(F)c2c1CC(NC(=O)OCc1ccccc1)CO2. The van der Waals surface area contributed by atoms with Crippen LogP contribution in [0.5, 0.6) is 11.5 Å². The van der Waals surface area contributed by atoms with E-state index >= 15 is 0 Å². The van der Waals surface area contributed by atoms with Crippen molar-refractivity contribution in [1.82, 2.24) is 5.32 Å². The number of rotatable bonds is 4. The average molecular weight is 331 g/mol. The van der Waals surface area contributed by atoms with Crippen molar-refractivity contribution in [2.75, 3.05) is 13.7 Å². The van der Waals surface area contributed by atoms with Crippen LogP contribution in [0.1, 0.15) is 11.1 Å². The first-order chi connectivity index (χ1) is 11.7. The molecule has 0 saturated carbocycles. The number of halogens is 1. The molecule has 1 atom stereocenters. The van der Waals surface area contributed by atoms with Crippen LogP contribution in [-0.2, 0) is 17.8 Å². The van der Waals surface area contributed by atoms with Crippen molar-refractivity contribution in [3.05, 3.63) is 59.4 Å². The van der Waals surface area contributed by atoms with Crippen LogP contribution < -0.4 is 14.8 Å². The maximum Gasteiger partial charge on any atom is 0.407 e. The van der Waals surface area contributed by atoms with Gasteiger partial charge in [-0.3, -0.25) is 0 Å². The van der Waals surface area contributed by atoms with E-state index in [-0.39, 0.29) is 25.0 Å². The third-order valence-electron chi connectivity index (χ3n) is 3.80. The summed E-state index contributed by atoms with van der Waals surface area (Å²) in [6, 6.07) is 11.9. The van der Waals surface area contributed by atoms with E-state index in [1.54, 1.807) is 6.07 Å². The van der Waals surface area contributed by atoms with Gasteiger partial charge in [-0.25, -0.2) is 9.18 Å². The van der Waals surface area contributed by atoms with Gasteiger partial charge in [0.2, 0.25) is 0 Å². The number of benzene rings is 2. The van der Waals surface area contributed by atoms with Crippen molar-refractivity contribution in [2.45, 2.75) is 19.1 Å². The van der Waals surface area contributed by atoms with E-state index in [1.165, 1.54) is 13.2 Å². The minimum atomic E-state index is -0.536. The zero-order valence-electron chi connectivity index (χ0n) is 13.3. The second kappa shape index (κ2) is 7.21. The van der Waals surface area contributed by atoms with Gasteiger partial charge in [0.05, 0.1) is 13.2 Å². The van der Waals surface area contributed by atoms with E-state index in [4.69, 9.17) is 14.2 Å². The van der Waals surface area contributed by atoms with Gasteiger partial charge in [0.15, 0.2) is 11.6 Å². The molecule has 1 unspecified atom stereocenters. The minimum absolute atomic E-state index is 0.178. The molecular weight excluding hydrogens is 313 g/mol. The van der Waals surface area contributed by atoms with Crippen molar-refractivity contribution in [3.8, 4) is 11.5 Å². The zero-order valence-corrected chi connectivity index (χ0v) is 13.3. The van der Waals surface area contributed by atoms with Crippen LogP contribution in [0, 0.1) is 5.82 Å². The van der Waals surface area contributed by atoms with E-state index in [9.17, 15) is 9.18 Å². The molecule has 1 aliphatic heterocycles. The number of fused-ring (bicyclic) bond motifs is 1. The number of carbonyl (C=O) groups is 1. The Labute approximate surface area is 139 Å². The summed E-state index contributed by atoms with van der Waals surface area (Å²) in [4.78, 5) is 11.9. The molecular formula is C18H18FNO4. The average Bonchev–Trinajstić information content (AvgIpc) is 2.61. The molecule has 0 radical (unpaired) electrons. The van der Waals surface area contributed by atoms with Gasteiger partial charge >= 0.3 is 6.09 Å². The summed E-state index contributed by atoms with van der Waals surface area (Å²) < 4.78 is 29.7. The fourth-order valence-electron chi connectivity index (χ4n) is 2.64. The summed E-state index contributed by atoms with van der Waals surface area (Å²) in [5, 5.41) is 2.74. The van der Waals surface area contributed by atoms with E-state index in [0.29, 0.717) is 17.7 Å². The molecule has 6 heteroatoms. The predicted molar refractivity (Wildman–Crippen MR) is 85.7 cm³/mol. The summed E-state index contributed by atoms with van der Waals surface area (Å²) in [5.41, 5.74) is 1.51. The highest BCUT2D eigenvalue weighted by molar-refractivity contribution is 5.68. The summed E-state index contributed by atoms with van der Waals surface area (Å²) in [6.07, 6.45) is -0.122. The Morgan fingerprint density at radius 2 is 2.08 bits per heavy atom. The van der Waals surface area contributed by atoms with E-state index in [1.807, 2.05) is 30.3 Å². The maximum absolute atomic E-state index is 13.8. The Kier molecular flexibility index (Phi) is 4.84. The maximum atomic E-state index is 13.8. The second-order valence-corrected chi connectivity index (χ2v) is 5.48. The molecule has 1 aliphatic rings. The van der Waals surface area contributed by atoms with Crippen LogP contribution in [0.2, 0.25) is 0 Å². The number of alkyl carbamates (subject to hydrolysis) is 1. The van der Waals surface area contributed by atoms with Crippen molar-refractivity contribution in [3.63, 3.8) is 0 Å². The third kappa shape index (κ3) is 3.59. The van der Waals surface area contributed by atoms with Crippen LogP contribution in [0.15, 0.2) is 42.5 Å². The van der Waals surface area contributed by atoms with Gasteiger partial charge < -0.3 is 19.5 Å². The molecule has 2 aromatic rings. The third-order valence-corrected chi connectivity index (χ3v) is 3.80. The first-order valence-corrected chi connectivity index (χ1v) is 7.62. The van der Waals surface area contributed by atoms with Crippen LogP contribution in [0.25, 0.3) is 0 Å². The van der Waals surface area contributed by atoms with E-state index < -0.39 is 11.9 Å². The van der Waals surface area contributed by atoms with Gasteiger partial charge in [-0.2, -0.15) is 0 Å². The topological polar surface area (TPSA) is 56.8 Å². The molecule has 2 aromatic carbocycles. The first-order valence-electron chi connectivity index (χ1n) is 7.62. The predicted octanol–water partition coefficient (Wildman–Crippen LogP) is 3.06. The Bertz CT molecular complexity index is 720.